The molecule has 8 nitrogen and oxygen atoms in total. The number of rotatable bonds is 5. The van der Waals surface area contributed by atoms with Crippen LogP contribution >= 0.6 is 0 Å². The summed E-state index contributed by atoms with van der Waals surface area (Å²) in [5.74, 6) is -0.301. The van der Waals surface area contributed by atoms with Crippen molar-refractivity contribution in [3.05, 3.63) is 20.8 Å². The SMILES string of the molecule is COC(=O)C(CC(C)C)Nc1nn(C)c(=O)n(C)c1=O. The van der Waals surface area contributed by atoms with Crippen LogP contribution in [0.5, 0.6) is 0 Å². The molecule has 0 amide bonds. The summed E-state index contributed by atoms with van der Waals surface area (Å²) in [4.78, 5) is 35.2. The maximum Gasteiger partial charge on any atom is 0.346 e. The Morgan fingerprint density at radius 2 is 1.95 bits per heavy atom. The molecule has 1 atom stereocenters. The van der Waals surface area contributed by atoms with E-state index in [4.69, 9.17) is 4.74 Å². The molecule has 0 aliphatic heterocycles. The second-order valence-corrected chi connectivity index (χ2v) is 4.97. The molecule has 112 valence electrons. The molecule has 0 aliphatic carbocycles. The minimum atomic E-state index is -0.683. The summed E-state index contributed by atoms with van der Waals surface area (Å²) >= 11 is 0. The lowest BCUT2D eigenvalue weighted by Crippen LogP contribution is -2.42. The first-order valence-corrected chi connectivity index (χ1v) is 6.26. The zero-order valence-corrected chi connectivity index (χ0v) is 12.3. The van der Waals surface area contributed by atoms with Crippen molar-refractivity contribution in [2.24, 2.45) is 20.0 Å². The van der Waals surface area contributed by atoms with E-state index < -0.39 is 23.3 Å². The summed E-state index contributed by atoms with van der Waals surface area (Å²) in [5, 5.41) is 6.61. The van der Waals surface area contributed by atoms with Gasteiger partial charge in [0.05, 0.1) is 7.11 Å². The van der Waals surface area contributed by atoms with E-state index in [9.17, 15) is 14.4 Å². The zero-order chi connectivity index (χ0) is 15.4. The Balaban J connectivity index is 3.15. The van der Waals surface area contributed by atoms with Crippen LogP contribution in [-0.4, -0.2) is 33.5 Å². The quantitative estimate of drug-likeness (QED) is 0.731. The molecule has 0 spiro atoms. The first-order valence-electron chi connectivity index (χ1n) is 6.26. The van der Waals surface area contributed by atoms with Gasteiger partial charge in [-0.3, -0.25) is 9.36 Å². The average molecular weight is 284 g/mol. The molecule has 1 heterocycles. The molecule has 1 unspecified atom stereocenters. The van der Waals surface area contributed by atoms with E-state index in [1.807, 2.05) is 13.8 Å². The summed E-state index contributed by atoms with van der Waals surface area (Å²) in [6, 6.07) is -0.683. The van der Waals surface area contributed by atoms with E-state index in [1.165, 1.54) is 21.2 Å². The van der Waals surface area contributed by atoms with Crippen molar-refractivity contribution in [1.29, 1.82) is 0 Å². The predicted molar refractivity (Wildman–Crippen MR) is 73.6 cm³/mol. The van der Waals surface area contributed by atoms with Crippen LogP contribution in [0.1, 0.15) is 20.3 Å². The van der Waals surface area contributed by atoms with Crippen LogP contribution < -0.4 is 16.6 Å². The monoisotopic (exact) mass is 284 g/mol. The molecule has 1 rings (SSSR count). The highest BCUT2D eigenvalue weighted by Crippen LogP contribution is 2.09. The number of aromatic nitrogens is 3. The molecule has 1 aromatic heterocycles. The standard InChI is InChI=1S/C12H20N4O4/c1-7(2)6-8(11(18)20-5)13-9-10(17)15(3)12(19)16(4)14-9/h7-8H,6H2,1-5H3,(H,13,14). The predicted octanol–water partition coefficient (Wildman–Crippen LogP) is -0.521. The van der Waals surface area contributed by atoms with E-state index in [0.29, 0.717) is 6.42 Å². The van der Waals surface area contributed by atoms with Gasteiger partial charge in [-0.25, -0.2) is 14.3 Å². The van der Waals surface area contributed by atoms with E-state index in [0.717, 1.165) is 9.25 Å². The minimum Gasteiger partial charge on any atom is -0.467 e. The molecule has 0 radical (unpaired) electrons. The van der Waals surface area contributed by atoms with Crippen molar-refractivity contribution in [3.8, 4) is 0 Å². The van der Waals surface area contributed by atoms with E-state index >= 15 is 0 Å². The zero-order valence-electron chi connectivity index (χ0n) is 12.3. The lowest BCUT2D eigenvalue weighted by molar-refractivity contribution is -0.141. The van der Waals surface area contributed by atoms with Crippen molar-refractivity contribution in [2.45, 2.75) is 26.3 Å². The molecule has 8 heteroatoms. The number of hydrogen-bond donors (Lipinski definition) is 1. The fourth-order valence-electron chi connectivity index (χ4n) is 1.78. The maximum absolute atomic E-state index is 11.9. The van der Waals surface area contributed by atoms with Gasteiger partial charge in [-0.05, 0) is 12.3 Å². The summed E-state index contributed by atoms with van der Waals surface area (Å²) in [6.07, 6.45) is 0.486. The minimum absolute atomic E-state index is 0.0503. The number of esters is 1. The number of aryl methyl sites for hydroxylation is 1. The first-order chi connectivity index (χ1) is 9.27. The Bertz CT molecular complexity index is 602. The van der Waals surface area contributed by atoms with Gasteiger partial charge in [-0.2, -0.15) is 0 Å². The van der Waals surface area contributed by atoms with E-state index in [1.54, 1.807) is 0 Å². The number of nitrogens with one attached hydrogen (secondary N) is 1. The van der Waals surface area contributed by atoms with Gasteiger partial charge < -0.3 is 10.1 Å². The van der Waals surface area contributed by atoms with Crippen LogP contribution in [0.4, 0.5) is 5.82 Å². The van der Waals surface area contributed by atoms with Crippen LogP contribution in [0.15, 0.2) is 9.59 Å². The largest absolute Gasteiger partial charge is 0.467 e. The lowest BCUT2D eigenvalue weighted by atomic mass is 10.0. The molecule has 1 aromatic rings. The number of carbonyl (C=O) groups is 1. The topological polar surface area (TPSA) is 95.2 Å². The molecular weight excluding hydrogens is 264 g/mol. The van der Waals surface area contributed by atoms with Gasteiger partial charge in [-0.15, -0.1) is 5.10 Å². The highest BCUT2D eigenvalue weighted by atomic mass is 16.5. The third kappa shape index (κ3) is 3.46. The fraction of sp³-hybridized carbons (Fsp3) is 0.667. The van der Waals surface area contributed by atoms with E-state index in [2.05, 4.69) is 10.4 Å². The van der Waals surface area contributed by atoms with Crippen molar-refractivity contribution >= 4 is 11.8 Å². The number of carbonyl (C=O) groups excluding carboxylic acids is 1. The Morgan fingerprint density at radius 3 is 2.45 bits per heavy atom. The smallest absolute Gasteiger partial charge is 0.346 e. The van der Waals surface area contributed by atoms with Gasteiger partial charge >= 0.3 is 11.7 Å². The summed E-state index contributed by atoms with van der Waals surface area (Å²) in [6.45, 7) is 3.90. The Kier molecular flexibility index (Phi) is 5.06. The number of nitrogens with zero attached hydrogens (tertiary/aromatic N) is 3. The molecule has 20 heavy (non-hydrogen) atoms. The lowest BCUT2D eigenvalue weighted by Gasteiger charge is -2.18. The molecule has 0 aliphatic rings. The normalized spacial score (nSPS) is 12.3. The molecule has 0 fully saturated rings. The molecule has 0 saturated carbocycles. The van der Waals surface area contributed by atoms with Gasteiger partial charge in [0.1, 0.15) is 6.04 Å². The average Bonchev–Trinajstić information content (AvgIpc) is 2.40. The molecule has 0 saturated heterocycles. The summed E-state index contributed by atoms with van der Waals surface area (Å²) < 4.78 is 6.67. The first kappa shape index (κ1) is 15.9. The third-order valence-corrected chi connectivity index (χ3v) is 2.82. The molecule has 0 bridgehead atoms. The molecule has 0 aromatic carbocycles. The Labute approximate surface area is 116 Å². The second-order valence-electron chi connectivity index (χ2n) is 4.97. The van der Waals surface area contributed by atoms with Gasteiger partial charge in [0.15, 0.2) is 0 Å². The van der Waals surface area contributed by atoms with Crippen molar-refractivity contribution in [3.63, 3.8) is 0 Å². The number of anilines is 1. The molecular formula is C12H20N4O4. The highest BCUT2D eigenvalue weighted by Gasteiger charge is 2.23. The van der Waals surface area contributed by atoms with Gasteiger partial charge in [0.2, 0.25) is 5.82 Å². The Hall–Kier alpha value is -2.12. The van der Waals surface area contributed by atoms with Crippen LogP contribution in [0.25, 0.3) is 0 Å². The third-order valence-electron chi connectivity index (χ3n) is 2.82. The van der Waals surface area contributed by atoms with E-state index in [-0.39, 0.29) is 11.7 Å². The van der Waals surface area contributed by atoms with Crippen molar-refractivity contribution < 1.29 is 9.53 Å². The highest BCUT2D eigenvalue weighted by molar-refractivity contribution is 5.78. The number of methoxy groups -OCH3 is 1. The van der Waals surface area contributed by atoms with Crippen LogP contribution in [-0.2, 0) is 23.6 Å². The Morgan fingerprint density at radius 1 is 1.35 bits per heavy atom. The van der Waals surface area contributed by atoms with Crippen LogP contribution in [0.3, 0.4) is 0 Å². The summed E-state index contributed by atoms with van der Waals surface area (Å²) in [5.41, 5.74) is -1.11. The summed E-state index contributed by atoms with van der Waals surface area (Å²) in [7, 11) is 4.07. The van der Waals surface area contributed by atoms with Crippen LogP contribution in [0.2, 0.25) is 0 Å². The van der Waals surface area contributed by atoms with Crippen molar-refractivity contribution in [1.82, 2.24) is 14.3 Å². The second kappa shape index (κ2) is 6.36. The number of hydrogen-bond acceptors (Lipinski definition) is 6. The van der Waals surface area contributed by atoms with Gasteiger partial charge in [-0.1, -0.05) is 13.8 Å². The maximum atomic E-state index is 11.9. The van der Waals surface area contributed by atoms with Gasteiger partial charge in [0.25, 0.3) is 5.56 Å². The molecule has 1 N–H and O–H groups in total. The van der Waals surface area contributed by atoms with Crippen molar-refractivity contribution in [2.75, 3.05) is 12.4 Å². The van der Waals surface area contributed by atoms with Gasteiger partial charge in [0, 0.05) is 14.1 Å². The fourth-order valence-corrected chi connectivity index (χ4v) is 1.78. The number of ether oxygens (including phenoxy) is 1. The van der Waals surface area contributed by atoms with Crippen LogP contribution in [0, 0.1) is 5.92 Å².